The van der Waals surface area contributed by atoms with Gasteiger partial charge in [-0.1, -0.05) is 60.7 Å². The number of hydrogen-bond acceptors (Lipinski definition) is 5. The molecule has 8 heteroatoms. The van der Waals surface area contributed by atoms with E-state index in [-0.39, 0.29) is 27.7 Å². The molecule has 166 valence electrons. The van der Waals surface area contributed by atoms with Gasteiger partial charge in [0.25, 0.3) is 11.5 Å². The second-order valence-electron chi connectivity index (χ2n) is 7.44. The van der Waals surface area contributed by atoms with Crippen LogP contribution in [0.5, 0.6) is 5.75 Å². The number of aromatic hydroxyl groups is 1. The van der Waals surface area contributed by atoms with Gasteiger partial charge in [0.1, 0.15) is 6.54 Å². The number of carboxylic acid groups (broad SMARTS) is 1. The molecule has 1 amide bonds. The number of aliphatic carboxylic acids is 1. The van der Waals surface area contributed by atoms with Crippen molar-refractivity contribution in [2.24, 2.45) is 0 Å². The van der Waals surface area contributed by atoms with Crippen molar-refractivity contribution in [2.45, 2.75) is 13.0 Å². The van der Waals surface area contributed by atoms with E-state index in [1.165, 1.54) is 0 Å². The van der Waals surface area contributed by atoms with Crippen molar-refractivity contribution in [1.29, 1.82) is 0 Å². The molecular formula is C25H21N3O5. The van der Waals surface area contributed by atoms with Gasteiger partial charge in [-0.25, -0.2) is 4.98 Å². The average molecular weight is 443 g/mol. The van der Waals surface area contributed by atoms with E-state index < -0.39 is 24.2 Å². The number of aromatic nitrogens is 2. The highest BCUT2D eigenvalue weighted by Crippen LogP contribution is 2.32. The Morgan fingerprint density at radius 2 is 1.64 bits per heavy atom. The number of carbonyl (C=O) groups excluding carboxylic acids is 1. The Balaban J connectivity index is 1.85. The summed E-state index contributed by atoms with van der Waals surface area (Å²) in [6.07, 6.45) is 2.21. The van der Waals surface area contributed by atoms with Crippen LogP contribution in [0, 0.1) is 0 Å². The minimum Gasteiger partial charge on any atom is -0.505 e. The fourth-order valence-corrected chi connectivity index (χ4v) is 3.62. The summed E-state index contributed by atoms with van der Waals surface area (Å²) in [6, 6.07) is 20.2. The Bertz CT molecular complexity index is 1380. The number of hydrogen-bond donors (Lipinski definition) is 3. The SMILES string of the molecule is O=C(O)CNC(=O)c1nc(-c2ccccc2)c2c(=O)n(CCc3ccccc3)ccc2c1O. The first-order chi connectivity index (χ1) is 16.0. The summed E-state index contributed by atoms with van der Waals surface area (Å²) in [5.74, 6) is -2.55. The summed E-state index contributed by atoms with van der Waals surface area (Å²) in [5.41, 5.74) is 1.22. The van der Waals surface area contributed by atoms with Gasteiger partial charge in [-0.05, 0) is 18.1 Å². The Labute approximate surface area is 188 Å². The fraction of sp³-hybridized carbons (Fsp3) is 0.120. The van der Waals surface area contributed by atoms with Crippen LogP contribution in [0.2, 0.25) is 0 Å². The van der Waals surface area contributed by atoms with Crippen molar-refractivity contribution >= 4 is 22.6 Å². The number of fused-ring (bicyclic) bond motifs is 1. The fourth-order valence-electron chi connectivity index (χ4n) is 3.62. The Kier molecular flexibility index (Phi) is 6.17. The molecule has 2 heterocycles. The van der Waals surface area contributed by atoms with E-state index in [4.69, 9.17) is 5.11 Å². The Hall–Kier alpha value is -4.46. The summed E-state index contributed by atoms with van der Waals surface area (Å²) in [5, 5.41) is 22.2. The third-order valence-corrected chi connectivity index (χ3v) is 5.25. The molecule has 3 N–H and O–H groups in total. The summed E-state index contributed by atoms with van der Waals surface area (Å²) in [6.45, 7) is -0.200. The highest BCUT2D eigenvalue weighted by atomic mass is 16.4. The molecule has 0 saturated heterocycles. The zero-order valence-electron chi connectivity index (χ0n) is 17.6. The van der Waals surface area contributed by atoms with Crippen LogP contribution in [0.4, 0.5) is 0 Å². The lowest BCUT2D eigenvalue weighted by Crippen LogP contribution is -2.30. The number of amides is 1. The molecule has 0 aliphatic carbocycles. The smallest absolute Gasteiger partial charge is 0.322 e. The maximum absolute atomic E-state index is 13.4. The van der Waals surface area contributed by atoms with Gasteiger partial charge in [0, 0.05) is 23.7 Å². The summed E-state index contributed by atoms with van der Waals surface area (Å²) >= 11 is 0. The Morgan fingerprint density at radius 1 is 0.970 bits per heavy atom. The van der Waals surface area contributed by atoms with Gasteiger partial charge in [-0.2, -0.15) is 0 Å². The molecule has 0 atom stereocenters. The molecule has 0 saturated carbocycles. The second-order valence-corrected chi connectivity index (χ2v) is 7.44. The highest BCUT2D eigenvalue weighted by Gasteiger charge is 2.22. The molecule has 0 radical (unpaired) electrons. The molecule has 2 aromatic carbocycles. The minimum absolute atomic E-state index is 0.172. The molecular weight excluding hydrogens is 422 g/mol. The van der Waals surface area contributed by atoms with Crippen LogP contribution in [-0.4, -0.2) is 38.2 Å². The van der Waals surface area contributed by atoms with Crippen molar-refractivity contribution in [1.82, 2.24) is 14.9 Å². The lowest BCUT2D eigenvalue weighted by molar-refractivity contribution is -0.135. The number of benzene rings is 2. The predicted octanol–water partition coefficient (Wildman–Crippen LogP) is 2.83. The van der Waals surface area contributed by atoms with E-state index in [9.17, 15) is 19.5 Å². The van der Waals surface area contributed by atoms with Gasteiger partial charge in [0.2, 0.25) is 0 Å². The first kappa shape index (κ1) is 21.8. The monoisotopic (exact) mass is 443 g/mol. The summed E-state index contributed by atoms with van der Waals surface area (Å²) < 4.78 is 1.55. The van der Waals surface area contributed by atoms with Gasteiger partial charge in [0.05, 0.1) is 11.1 Å². The topological polar surface area (TPSA) is 122 Å². The van der Waals surface area contributed by atoms with Crippen LogP contribution in [0.3, 0.4) is 0 Å². The lowest BCUT2D eigenvalue weighted by Gasteiger charge is -2.14. The molecule has 0 aliphatic heterocycles. The second kappa shape index (κ2) is 9.35. The van der Waals surface area contributed by atoms with Crippen LogP contribution in [0.1, 0.15) is 16.1 Å². The van der Waals surface area contributed by atoms with E-state index >= 15 is 0 Å². The van der Waals surface area contributed by atoms with E-state index in [1.807, 2.05) is 36.4 Å². The van der Waals surface area contributed by atoms with Gasteiger partial charge in [-0.3, -0.25) is 14.4 Å². The standard InChI is InChI=1S/C25H21N3O5/c29-19(30)15-26-24(32)22-23(31)18-12-14-28(13-11-16-7-3-1-4-8-16)25(33)20(18)21(27-22)17-9-5-2-6-10-17/h1-10,12,14,31H,11,13,15H2,(H,26,32)(H,29,30). The number of nitrogens with one attached hydrogen (secondary N) is 1. The highest BCUT2D eigenvalue weighted by molar-refractivity contribution is 6.06. The quantitative estimate of drug-likeness (QED) is 0.404. The number of nitrogens with zero attached hydrogens (tertiary/aromatic N) is 2. The molecule has 33 heavy (non-hydrogen) atoms. The molecule has 2 aromatic heterocycles. The van der Waals surface area contributed by atoms with Gasteiger partial charge >= 0.3 is 5.97 Å². The van der Waals surface area contributed by atoms with Crippen LogP contribution in [0.25, 0.3) is 22.0 Å². The normalized spacial score (nSPS) is 10.8. The molecule has 0 spiro atoms. The van der Waals surface area contributed by atoms with Gasteiger partial charge in [-0.15, -0.1) is 0 Å². The number of carboxylic acids is 1. The van der Waals surface area contributed by atoms with Crippen LogP contribution in [0.15, 0.2) is 77.7 Å². The van der Waals surface area contributed by atoms with Crippen LogP contribution < -0.4 is 10.9 Å². The van der Waals surface area contributed by atoms with Gasteiger partial charge < -0.3 is 20.1 Å². The number of rotatable bonds is 7. The maximum Gasteiger partial charge on any atom is 0.322 e. The third-order valence-electron chi connectivity index (χ3n) is 5.25. The van der Waals surface area contributed by atoms with E-state index in [0.29, 0.717) is 18.5 Å². The van der Waals surface area contributed by atoms with E-state index in [2.05, 4.69) is 10.3 Å². The summed E-state index contributed by atoms with van der Waals surface area (Å²) in [4.78, 5) is 41.1. The zero-order valence-corrected chi connectivity index (χ0v) is 17.6. The number of carbonyl (C=O) groups is 2. The molecule has 4 aromatic rings. The Morgan fingerprint density at radius 3 is 2.30 bits per heavy atom. The van der Waals surface area contributed by atoms with Crippen molar-refractivity contribution in [3.63, 3.8) is 0 Å². The van der Waals surface area contributed by atoms with Crippen molar-refractivity contribution < 1.29 is 19.8 Å². The maximum atomic E-state index is 13.4. The predicted molar refractivity (Wildman–Crippen MR) is 123 cm³/mol. The van der Waals surface area contributed by atoms with Crippen molar-refractivity contribution in [3.8, 4) is 17.0 Å². The molecule has 0 fully saturated rings. The zero-order chi connectivity index (χ0) is 23.4. The minimum atomic E-state index is -1.23. The van der Waals surface area contributed by atoms with Gasteiger partial charge in [0.15, 0.2) is 11.4 Å². The average Bonchev–Trinajstić information content (AvgIpc) is 2.83. The molecule has 0 bridgehead atoms. The molecule has 0 unspecified atom stereocenters. The number of pyridine rings is 2. The molecule has 8 nitrogen and oxygen atoms in total. The lowest BCUT2D eigenvalue weighted by atomic mass is 10.0. The first-order valence-electron chi connectivity index (χ1n) is 10.3. The third kappa shape index (κ3) is 4.59. The van der Waals surface area contributed by atoms with Crippen LogP contribution >= 0.6 is 0 Å². The van der Waals surface area contributed by atoms with E-state index in [0.717, 1.165) is 5.56 Å². The van der Waals surface area contributed by atoms with Crippen molar-refractivity contribution in [3.05, 3.63) is 94.5 Å². The van der Waals surface area contributed by atoms with Crippen molar-refractivity contribution in [2.75, 3.05) is 6.54 Å². The number of aryl methyl sites for hydroxylation is 2. The summed E-state index contributed by atoms with van der Waals surface area (Å²) in [7, 11) is 0. The van der Waals surface area contributed by atoms with E-state index in [1.54, 1.807) is 41.1 Å². The molecule has 4 rings (SSSR count). The molecule has 0 aliphatic rings. The first-order valence-corrected chi connectivity index (χ1v) is 10.3. The van der Waals surface area contributed by atoms with Crippen LogP contribution in [-0.2, 0) is 17.8 Å². The largest absolute Gasteiger partial charge is 0.505 e.